The van der Waals surface area contributed by atoms with Gasteiger partial charge in [0.2, 0.25) is 11.6 Å². The number of carbonyl (C=O) groups excluding carboxylic acids is 2. The van der Waals surface area contributed by atoms with Gasteiger partial charge in [0.05, 0.1) is 0 Å². The van der Waals surface area contributed by atoms with E-state index < -0.39 is 23.5 Å². The molecule has 0 unspecified atom stereocenters. The molecular formula is C26H46O6. The SMILES string of the molecule is O=C(O)C(=O)CCCCCCCCCCCCCCCCCCCCCCC(=O)C(=O)O. The van der Waals surface area contributed by atoms with Crippen LogP contribution in [0, 0.1) is 0 Å². The number of hydrogen-bond donors (Lipinski definition) is 2. The Bertz CT molecular complexity index is 468. The highest BCUT2D eigenvalue weighted by Gasteiger charge is 2.10. The van der Waals surface area contributed by atoms with Crippen LogP contribution < -0.4 is 0 Å². The third-order valence-corrected chi connectivity index (χ3v) is 6.03. The van der Waals surface area contributed by atoms with Crippen molar-refractivity contribution in [2.24, 2.45) is 0 Å². The summed E-state index contributed by atoms with van der Waals surface area (Å²) < 4.78 is 0. The van der Waals surface area contributed by atoms with Crippen LogP contribution in [0.4, 0.5) is 0 Å². The Morgan fingerprint density at radius 3 is 0.625 bits per heavy atom. The zero-order chi connectivity index (χ0) is 23.9. The minimum absolute atomic E-state index is 0.178. The molecule has 6 nitrogen and oxygen atoms in total. The maximum atomic E-state index is 11.0. The second kappa shape index (κ2) is 22.5. The molecule has 0 heterocycles. The van der Waals surface area contributed by atoms with Crippen molar-refractivity contribution >= 4 is 23.5 Å². The molecule has 0 fully saturated rings. The van der Waals surface area contributed by atoms with E-state index in [1.807, 2.05) is 0 Å². The number of carboxylic acids is 2. The third-order valence-electron chi connectivity index (χ3n) is 6.03. The Balaban J connectivity index is 3.12. The van der Waals surface area contributed by atoms with Crippen LogP contribution in [-0.2, 0) is 19.2 Å². The fourth-order valence-electron chi connectivity index (χ4n) is 3.97. The van der Waals surface area contributed by atoms with Crippen molar-refractivity contribution in [3.05, 3.63) is 0 Å². The highest BCUT2D eigenvalue weighted by Crippen LogP contribution is 2.15. The molecule has 2 N–H and O–H groups in total. The van der Waals surface area contributed by atoms with Crippen molar-refractivity contribution in [2.75, 3.05) is 0 Å². The van der Waals surface area contributed by atoms with Crippen molar-refractivity contribution < 1.29 is 29.4 Å². The first kappa shape index (κ1) is 30.3. The topological polar surface area (TPSA) is 109 Å². The predicted molar refractivity (Wildman–Crippen MR) is 127 cm³/mol. The number of unbranched alkanes of at least 4 members (excludes halogenated alkanes) is 19. The van der Waals surface area contributed by atoms with Crippen LogP contribution >= 0.6 is 0 Å². The van der Waals surface area contributed by atoms with E-state index in [-0.39, 0.29) is 12.8 Å². The lowest BCUT2D eigenvalue weighted by Crippen LogP contribution is -2.11. The molecule has 0 aromatic carbocycles. The van der Waals surface area contributed by atoms with Gasteiger partial charge in [0, 0.05) is 12.8 Å². The Hall–Kier alpha value is -1.72. The molecule has 0 saturated heterocycles. The highest BCUT2D eigenvalue weighted by molar-refractivity contribution is 6.32. The van der Waals surface area contributed by atoms with Crippen LogP contribution in [0.2, 0.25) is 0 Å². The first-order valence-electron chi connectivity index (χ1n) is 13.0. The molecule has 0 aliphatic carbocycles. The second-order valence-electron chi connectivity index (χ2n) is 9.03. The van der Waals surface area contributed by atoms with Gasteiger partial charge in [-0.25, -0.2) is 9.59 Å². The molecule has 0 radical (unpaired) electrons. The smallest absolute Gasteiger partial charge is 0.372 e. The molecule has 0 aromatic heterocycles. The molecule has 0 aromatic rings. The van der Waals surface area contributed by atoms with Gasteiger partial charge in [0.25, 0.3) is 0 Å². The normalized spacial score (nSPS) is 10.9. The maximum absolute atomic E-state index is 11.0. The molecule has 6 heteroatoms. The van der Waals surface area contributed by atoms with Crippen molar-refractivity contribution in [3.63, 3.8) is 0 Å². The van der Waals surface area contributed by atoms with E-state index in [2.05, 4.69) is 0 Å². The fraction of sp³-hybridized carbons (Fsp3) is 0.846. The lowest BCUT2D eigenvalue weighted by Gasteiger charge is -2.04. The Labute approximate surface area is 194 Å². The summed E-state index contributed by atoms with van der Waals surface area (Å²) in [4.78, 5) is 42.7. The predicted octanol–water partition coefficient (Wildman–Crippen LogP) is 6.88. The number of rotatable bonds is 25. The maximum Gasteiger partial charge on any atom is 0.372 e. The van der Waals surface area contributed by atoms with Crippen LogP contribution in [0.15, 0.2) is 0 Å². The van der Waals surface area contributed by atoms with Gasteiger partial charge in [-0.1, -0.05) is 116 Å². The largest absolute Gasteiger partial charge is 0.476 e. The first-order valence-corrected chi connectivity index (χ1v) is 13.0. The molecule has 0 amide bonds. The Morgan fingerprint density at radius 2 is 0.469 bits per heavy atom. The van der Waals surface area contributed by atoms with Crippen LogP contribution in [0.25, 0.3) is 0 Å². The summed E-state index contributed by atoms with van der Waals surface area (Å²) in [5.74, 6) is -3.94. The number of carbonyl (C=O) groups is 4. The summed E-state index contributed by atoms with van der Waals surface area (Å²) in [5, 5.41) is 17.0. The van der Waals surface area contributed by atoms with E-state index in [1.165, 1.54) is 89.9 Å². The summed E-state index contributed by atoms with van der Waals surface area (Å²) in [6.45, 7) is 0. The van der Waals surface area contributed by atoms with Crippen molar-refractivity contribution in [1.82, 2.24) is 0 Å². The third kappa shape index (κ3) is 21.5. The summed E-state index contributed by atoms with van der Waals surface area (Å²) in [6, 6.07) is 0. The van der Waals surface area contributed by atoms with Gasteiger partial charge in [-0.3, -0.25) is 9.59 Å². The molecule has 0 spiro atoms. The summed E-state index contributed by atoms with van der Waals surface area (Å²) in [6.07, 6.45) is 23.9. The zero-order valence-corrected chi connectivity index (χ0v) is 20.1. The van der Waals surface area contributed by atoms with E-state index in [0.29, 0.717) is 12.8 Å². The highest BCUT2D eigenvalue weighted by atomic mass is 16.4. The second-order valence-corrected chi connectivity index (χ2v) is 9.03. The fourth-order valence-corrected chi connectivity index (χ4v) is 3.97. The van der Waals surface area contributed by atoms with Crippen LogP contribution in [0.3, 0.4) is 0 Å². The average molecular weight is 455 g/mol. The monoisotopic (exact) mass is 454 g/mol. The van der Waals surface area contributed by atoms with Gasteiger partial charge in [-0.2, -0.15) is 0 Å². The van der Waals surface area contributed by atoms with Crippen LogP contribution in [0.5, 0.6) is 0 Å². The number of hydrogen-bond acceptors (Lipinski definition) is 4. The summed E-state index contributed by atoms with van der Waals surface area (Å²) in [7, 11) is 0. The van der Waals surface area contributed by atoms with Crippen LogP contribution in [-0.4, -0.2) is 33.7 Å². The van der Waals surface area contributed by atoms with E-state index in [4.69, 9.17) is 10.2 Å². The van der Waals surface area contributed by atoms with Gasteiger partial charge >= 0.3 is 11.9 Å². The minimum atomic E-state index is -1.30. The molecular weight excluding hydrogens is 408 g/mol. The first-order chi connectivity index (χ1) is 15.4. The van der Waals surface area contributed by atoms with Gasteiger partial charge < -0.3 is 10.2 Å². The lowest BCUT2D eigenvalue weighted by atomic mass is 10.0. The quantitative estimate of drug-likeness (QED) is 0.115. The van der Waals surface area contributed by atoms with Gasteiger partial charge in [-0.05, 0) is 12.8 Å². The van der Waals surface area contributed by atoms with E-state index in [9.17, 15) is 19.2 Å². The van der Waals surface area contributed by atoms with Crippen molar-refractivity contribution in [1.29, 1.82) is 0 Å². The van der Waals surface area contributed by atoms with Gasteiger partial charge in [0.15, 0.2) is 0 Å². The average Bonchev–Trinajstić information content (AvgIpc) is 2.76. The lowest BCUT2D eigenvalue weighted by molar-refractivity contribution is -0.149. The van der Waals surface area contributed by atoms with E-state index in [0.717, 1.165) is 25.7 Å². The summed E-state index contributed by atoms with van der Waals surface area (Å²) >= 11 is 0. The van der Waals surface area contributed by atoms with E-state index in [1.54, 1.807) is 0 Å². The van der Waals surface area contributed by atoms with Crippen molar-refractivity contribution in [3.8, 4) is 0 Å². The zero-order valence-electron chi connectivity index (χ0n) is 20.1. The number of carboxylic acid groups (broad SMARTS) is 2. The Morgan fingerprint density at radius 1 is 0.312 bits per heavy atom. The molecule has 186 valence electrons. The number of aliphatic carboxylic acids is 2. The van der Waals surface area contributed by atoms with Crippen molar-refractivity contribution in [2.45, 2.75) is 141 Å². The molecule has 0 aliphatic rings. The van der Waals surface area contributed by atoms with Gasteiger partial charge in [0.1, 0.15) is 0 Å². The molecule has 0 rings (SSSR count). The Kier molecular flexibility index (Phi) is 21.3. The molecule has 0 saturated carbocycles. The molecule has 32 heavy (non-hydrogen) atoms. The van der Waals surface area contributed by atoms with Gasteiger partial charge in [-0.15, -0.1) is 0 Å². The number of Topliss-reactive ketones (excluding diaryl/α,β-unsaturated/α-hetero) is 2. The minimum Gasteiger partial charge on any atom is -0.476 e. The molecule has 0 aliphatic heterocycles. The summed E-state index contributed by atoms with van der Waals surface area (Å²) in [5.41, 5.74) is 0. The van der Waals surface area contributed by atoms with Crippen LogP contribution in [0.1, 0.15) is 141 Å². The number of ketones is 2. The molecule has 0 atom stereocenters. The molecule has 0 bridgehead atoms. The standard InChI is InChI=1S/C26H46O6/c27-23(25(29)30)21-19-17-15-13-11-9-7-5-3-1-2-4-6-8-10-12-14-16-18-20-22-24(28)26(31)32/h1-22H2,(H,29,30)(H,31,32). The van der Waals surface area contributed by atoms with E-state index >= 15 is 0 Å².